The van der Waals surface area contributed by atoms with Gasteiger partial charge in [-0.15, -0.1) is 0 Å². The summed E-state index contributed by atoms with van der Waals surface area (Å²) in [5, 5.41) is 0. The number of aryl methyl sites for hydroxylation is 1. The lowest BCUT2D eigenvalue weighted by atomic mass is 10.2. The van der Waals surface area contributed by atoms with E-state index in [1.54, 1.807) is 0 Å². The third-order valence-electron chi connectivity index (χ3n) is 3.00. The van der Waals surface area contributed by atoms with Gasteiger partial charge in [-0.05, 0) is 38.3 Å². The number of hydrogen-bond acceptors (Lipinski definition) is 3. The van der Waals surface area contributed by atoms with Crippen LogP contribution in [0.25, 0.3) is 0 Å². The Bertz CT molecular complexity index is 427. The second kappa shape index (κ2) is 5.00. The zero-order valence-corrected chi connectivity index (χ0v) is 11.3. The van der Waals surface area contributed by atoms with Crippen LogP contribution in [0.2, 0.25) is 0 Å². The maximum Gasteiger partial charge on any atom is 0.139 e. The highest BCUT2D eigenvalue weighted by molar-refractivity contribution is 7.80. The molecule has 0 saturated heterocycles. The van der Waals surface area contributed by atoms with Crippen molar-refractivity contribution in [3.05, 3.63) is 23.4 Å². The third kappa shape index (κ3) is 2.75. The van der Waals surface area contributed by atoms with E-state index in [4.69, 9.17) is 18.0 Å². The average Bonchev–Trinajstić information content (AvgIpc) is 3.09. The molecule has 4 heteroatoms. The molecule has 1 saturated carbocycles. The average molecular weight is 249 g/mol. The van der Waals surface area contributed by atoms with Gasteiger partial charge >= 0.3 is 0 Å². The number of thiocarbonyl (C=S) groups is 1. The van der Waals surface area contributed by atoms with Gasteiger partial charge in [-0.1, -0.05) is 19.1 Å². The lowest BCUT2D eigenvalue weighted by Gasteiger charge is -2.25. The van der Waals surface area contributed by atoms with Gasteiger partial charge in [0.25, 0.3) is 0 Å². The molecule has 1 aliphatic carbocycles. The van der Waals surface area contributed by atoms with E-state index in [1.165, 1.54) is 12.8 Å². The summed E-state index contributed by atoms with van der Waals surface area (Å²) in [6, 6.07) is 4.59. The maximum atomic E-state index is 5.78. The molecule has 2 rings (SSSR count). The lowest BCUT2D eigenvalue weighted by Crippen LogP contribution is -2.30. The molecule has 3 nitrogen and oxygen atoms in total. The van der Waals surface area contributed by atoms with Crippen molar-refractivity contribution < 1.29 is 0 Å². The van der Waals surface area contributed by atoms with Crippen LogP contribution in [-0.2, 0) is 0 Å². The molecule has 92 valence electrons. The SMILES string of the molecule is CCCN(c1nc(C)ccc1C(N)=S)C1CC1. The van der Waals surface area contributed by atoms with Crippen LogP contribution >= 0.6 is 12.2 Å². The van der Waals surface area contributed by atoms with Crippen LogP contribution in [0.1, 0.15) is 37.4 Å². The van der Waals surface area contributed by atoms with Crippen molar-refractivity contribution in [2.24, 2.45) is 5.73 Å². The Kier molecular flexibility index (Phi) is 3.62. The van der Waals surface area contributed by atoms with Gasteiger partial charge in [0.1, 0.15) is 10.8 Å². The summed E-state index contributed by atoms with van der Waals surface area (Å²) in [5.74, 6) is 0.974. The van der Waals surface area contributed by atoms with E-state index < -0.39 is 0 Å². The standard InChI is InChI=1S/C13H19N3S/c1-3-8-16(10-5-6-10)13-11(12(14)17)7-4-9(2)15-13/h4,7,10H,3,5-6,8H2,1-2H3,(H2,14,17). The van der Waals surface area contributed by atoms with Crippen molar-refractivity contribution in [2.45, 2.75) is 39.2 Å². The first-order chi connectivity index (χ1) is 8.13. The summed E-state index contributed by atoms with van der Waals surface area (Å²) < 4.78 is 0. The van der Waals surface area contributed by atoms with Crippen LogP contribution in [0.4, 0.5) is 5.82 Å². The summed E-state index contributed by atoms with van der Waals surface area (Å²) in [6.45, 7) is 5.21. The fourth-order valence-corrected chi connectivity index (χ4v) is 2.20. The van der Waals surface area contributed by atoms with Crippen LogP contribution < -0.4 is 10.6 Å². The molecule has 17 heavy (non-hydrogen) atoms. The zero-order valence-electron chi connectivity index (χ0n) is 10.4. The normalized spacial score (nSPS) is 14.7. The number of hydrogen-bond donors (Lipinski definition) is 1. The highest BCUT2D eigenvalue weighted by Gasteiger charge is 2.31. The molecule has 0 bridgehead atoms. The summed E-state index contributed by atoms with van der Waals surface area (Å²) in [5.41, 5.74) is 7.71. The molecule has 1 aromatic rings. The zero-order chi connectivity index (χ0) is 12.4. The molecule has 1 aliphatic rings. The molecule has 0 atom stereocenters. The van der Waals surface area contributed by atoms with E-state index in [-0.39, 0.29) is 0 Å². The molecular weight excluding hydrogens is 230 g/mol. The Morgan fingerprint density at radius 3 is 2.76 bits per heavy atom. The Balaban J connectivity index is 2.39. The first-order valence-corrected chi connectivity index (χ1v) is 6.58. The molecule has 2 N–H and O–H groups in total. The Hall–Kier alpha value is -1.16. The molecule has 0 radical (unpaired) electrons. The Morgan fingerprint density at radius 1 is 1.53 bits per heavy atom. The van der Waals surface area contributed by atoms with Crippen molar-refractivity contribution in [3.63, 3.8) is 0 Å². The predicted octanol–water partition coefficient (Wildman–Crippen LogP) is 2.40. The second-order valence-corrected chi connectivity index (χ2v) is 5.05. The van der Waals surface area contributed by atoms with Crippen molar-refractivity contribution in [3.8, 4) is 0 Å². The molecular formula is C13H19N3S. The smallest absolute Gasteiger partial charge is 0.139 e. The number of anilines is 1. The lowest BCUT2D eigenvalue weighted by molar-refractivity contribution is 0.748. The van der Waals surface area contributed by atoms with E-state index in [9.17, 15) is 0 Å². The van der Waals surface area contributed by atoms with Gasteiger partial charge in [0, 0.05) is 18.3 Å². The van der Waals surface area contributed by atoms with Gasteiger partial charge in [-0.3, -0.25) is 0 Å². The van der Waals surface area contributed by atoms with Gasteiger partial charge in [0.2, 0.25) is 0 Å². The molecule has 1 fully saturated rings. The molecule has 0 spiro atoms. The minimum Gasteiger partial charge on any atom is -0.389 e. The van der Waals surface area contributed by atoms with Crippen LogP contribution in [0.3, 0.4) is 0 Å². The highest BCUT2D eigenvalue weighted by Crippen LogP contribution is 2.32. The fourth-order valence-electron chi connectivity index (χ4n) is 2.04. The fraction of sp³-hybridized carbons (Fsp3) is 0.538. The van der Waals surface area contributed by atoms with Crippen molar-refractivity contribution in [1.82, 2.24) is 4.98 Å². The summed E-state index contributed by atoms with van der Waals surface area (Å²) in [6.07, 6.45) is 3.63. The monoisotopic (exact) mass is 249 g/mol. The molecule has 1 heterocycles. The van der Waals surface area contributed by atoms with Gasteiger partial charge in [-0.2, -0.15) is 0 Å². The number of rotatable bonds is 5. The predicted molar refractivity (Wildman–Crippen MR) is 75.5 cm³/mol. The van der Waals surface area contributed by atoms with E-state index in [2.05, 4.69) is 16.8 Å². The van der Waals surface area contributed by atoms with Crippen LogP contribution in [0.5, 0.6) is 0 Å². The van der Waals surface area contributed by atoms with Crippen LogP contribution in [-0.4, -0.2) is 22.6 Å². The molecule has 0 aromatic carbocycles. The van der Waals surface area contributed by atoms with Gasteiger partial charge in [0.15, 0.2) is 0 Å². The summed E-state index contributed by atoms with van der Waals surface area (Å²) >= 11 is 5.11. The van der Waals surface area contributed by atoms with Crippen molar-refractivity contribution in [1.29, 1.82) is 0 Å². The molecule has 0 aliphatic heterocycles. The van der Waals surface area contributed by atoms with Gasteiger partial charge in [0.05, 0.1) is 5.56 Å². The quantitative estimate of drug-likeness (QED) is 0.814. The largest absolute Gasteiger partial charge is 0.389 e. The third-order valence-corrected chi connectivity index (χ3v) is 3.22. The van der Waals surface area contributed by atoms with E-state index in [0.29, 0.717) is 11.0 Å². The van der Waals surface area contributed by atoms with Crippen molar-refractivity contribution >= 4 is 23.0 Å². The van der Waals surface area contributed by atoms with E-state index in [0.717, 1.165) is 30.0 Å². The van der Waals surface area contributed by atoms with Crippen LogP contribution in [0, 0.1) is 6.92 Å². The van der Waals surface area contributed by atoms with E-state index in [1.807, 2.05) is 19.1 Å². The first-order valence-electron chi connectivity index (χ1n) is 6.17. The minimum absolute atomic E-state index is 0.439. The molecule has 0 amide bonds. The number of pyridine rings is 1. The topological polar surface area (TPSA) is 42.2 Å². The minimum atomic E-state index is 0.439. The van der Waals surface area contributed by atoms with Crippen LogP contribution in [0.15, 0.2) is 12.1 Å². The van der Waals surface area contributed by atoms with E-state index >= 15 is 0 Å². The Labute approximate surface area is 108 Å². The van der Waals surface area contributed by atoms with Gasteiger partial charge in [-0.25, -0.2) is 4.98 Å². The van der Waals surface area contributed by atoms with Crippen molar-refractivity contribution in [2.75, 3.05) is 11.4 Å². The number of aromatic nitrogens is 1. The Morgan fingerprint density at radius 2 is 2.24 bits per heavy atom. The number of nitrogens with zero attached hydrogens (tertiary/aromatic N) is 2. The first kappa shape index (κ1) is 12.3. The molecule has 1 aromatic heterocycles. The summed E-state index contributed by atoms with van der Waals surface area (Å²) in [4.78, 5) is 7.43. The highest BCUT2D eigenvalue weighted by atomic mass is 32.1. The number of nitrogens with two attached hydrogens (primary N) is 1. The molecule has 0 unspecified atom stereocenters. The maximum absolute atomic E-state index is 5.78. The van der Waals surface area contributed by atoms with Gasteiger partial charge < -0.3 is 10.6 Å². The second-order valence-electron chi connectivity index (χ2n) is 4.61. The summed E-state index contributed by atoms with van der Waals surface area (Å²) in [7, 11) is 0.